The molecule has 1 aliphatic rings. The lowest BCUT2D eigenvalue weighted by molar-refractivity contribution is 0.0221. The lowest BCUT2D eigenvalue weighted by Crippen LogP contribution is -2.40. The first kappa shape index (κ1) is 15.5. The molecular formula is C15H19F2NO3. The second-order valence-corrected chi connectivity index (χ2v) is 6.00. The van der Waals surface area contributed by atoms with Crippen molar-refractivity contribution in [3.63, 3.8) is 0 Å². The van der Waals surface area contributed by atoms with Gasteiger partial charge in [0.25, 0.3) is 0 Å². The molecule has 1 heterocycles. The Kier molecular flexibility index (Phi) is 4.07. The molecule has 0 radical (unpaired) electrons. The molecule has 1 aromatic carbocycles. The average molecular weight is 299 g/mol. The van der Waals surface area contributed by atoms with E-state index in [0.717, 1.165) is 0 Å². The number of carbonyl (C=O) groups excluding carboxylic acids is 1. The van der Waals surface area contributed by atoms with Crippen molar-refractivity contribution < 1.29 is 23.0 Å². The number of hydrogen-bond donors (Lipinski definition) is 0. The van der Waals surface area contributed by atoms with E-state index < -0.39 is 23.3 Å². The largest absolute Gasteiger partial charge is 0.494 e. The van der Waals surface area contributed by atoms with Crippen molar-refractivity contribution in [2.24, 2.45) is 0 Å². The normalized spacial score (nSPS) is 14.7. The Morgan fingerprint density at radius 3 is 2.52 bits per heavy atom. The summed E-state index contributed by atoms with van der Waals surface area (Å²) in [5.74, 6) is -2.10. The molecule has 21 heavy (non-hydrogen) atoms. The van der Waals surface area contributed by atoms with E-state index in [1.807, 2.05) is 0 Å². The lowest BCUT2D eigenvalue weighted by Gasteiger charge is -2.31. The van der Waals surface area contributed by atoms with E-state index in [1.54, 1.807) is 20.8 Å². The summed E-state index contributed by atoms with van der Waals surface area (Å²) in [6.07, 6.45) is -0.0916. The van der Waals surface area contributed by atoms with Crippen molar-refractivity contribution in [2.75, 3.05) is 13.7 Å². The van der Waals surface area contributed by atoms with Gasteiger partial charge < -0.3 is 14.4 Å². The zero-order valence-corrected chi connectivity index (χ0v) is 12.6. The topological polar surface area (TPSA) is 38.8 Å². The van der Waals surface area contributed by atoms with Crippen LogP contribution in [0.1, 0.15) is 31.9 Å². The van der Waals surface area contributed by atoms with Crippen LogP contribution in [0, 0.1) is 11.6 Å². The SMILES string of the molecule is COc1cc2c(c(F)c1F)CN(C(=O)OC(C)(C)C)CC2. The second-order valence-electron chi connectivity index (χ2n) is 6.00. The molecule has 4 nitrogen and oxygen atoms in total. The third-order valence-electron chi connectivity index (χ3n) is 3.24. The standard InChI is InChI=1S/C15H19F2NO3/c1-15(2,3)21-14(19)18-6-5-9-7-11(20-4)13(17)12(16)10(9)8-18/h7H,5-6,8H2,1-4H3. The number of ether oxygens (including phenoxy) is 2. The summed E-state index contributed by atoms with van der Waals surface area (Å²) in [6.45, 7) is 5.67. The molecule has 0 bridgehead atoms. The van der Waals surface area contributed by atoms with Crippen LogP contribution in [0.2, 0.25) is 0 Å². The van der Waals surface area contributed by atoms with Crippen molar-refractivity contribution in [1.82, 2.24) is 4.90 Å². The van der Waals surface area contributed by atoms with Gasteiger partial charge in [-0.2, -0.15) is 4.39 Å². The van der Waals surface area contributed by atoms with Crippen LogP contribution in [-0.4, -0.2) is 30.2 Å². The van der Waals surface area contributed by atoms with Crippen LogP contribution in [0.3, 0.4) is 0 Å². The van der Waals surface area contributed by atoms with E-state index in [4.69, 9.17) is 9.47 Å². The number of fused-ring (bicyclic) bond motifs is 1. The molecule has 0 N–H and O–H groups in total. The summed E-state index contributed by atoms with van der Waals surface area (Å²) >= 11 is 0. The van der Waals surface area contributed by atoms with Gasteiger partial charge >= 0.3 is 6.09 Å². The summed E-state index contributed by atoms with van der Waals surface area (Å²) in [5.41, 5.74) is 0.220. The van der Waals surface area contributed by atoms with Crippen LogP contribution in [0.4, 0.5) is 13.6 Å². The first-order chi connectivity index (χ1) is 9.73. The van der Waals surface area contributed by atoms with Crippen LogP contribution < -0.4 is 4.74 Å². The molecule has 0 aliphatic carbocycles. The molecule has 0 saturated carbocycles. The van der Waals surface area contributed by atoms with Gasteiger partial charge in [-0.05, 0) is 38.8 Å². The highest BCUT2D eigenvalue weighted by atomic mass is 19.2. The summed E-state index contributed by atoms with van der Waals surface area (Å²) < 4.78 is 37.9. The fourth-order valence-corrected chi connectivity index (χ4v) is 2.24. The molecule has 2 rings (SSSR count). The summed E-state index contributed by atoms with van der Waals surface area (Å²) in [7, 11) is 1.29. The molecule has 116 valence electrons. The van der Waals surface area contributed by atoms with Crippen molar-refractivity contribution in [3.05, 3.63) is 28.8 Å². The molecule has 0 aromatic heterocycles. The average Bonchev–Trinajstić information content (AvgIpc) is 2.40. The van der Waals surface area contributed by atoms with E-state index in [9.17, 15) is 13.6 Å². The number of benzene rings is 1. The highest BCUT2D eigenvalue weighted by molar-refractivity contribution is 5.68. The van der Waals surface area contributed by atoms with Gasteiger partial charge in [0.05, 0.1) is 13.7 Å². The smallest absolute Gasteiger partial charge is 0.410 e. The number of rotatable bonds is 1. The molecule has 0 saturated heterocycles. The van der Waals surface area contributed by atoms with Gasteiger partial charge in [-0.25, -0.2) is 9.18 Å². The minimum Gasteiger partial charge on any atom is -0.494 e. The maximum absolute atomic E-state index is 14.1. The Hall–Kier alpha value is -1.85. The summed E-state index contributed by atoms with van der Waals surface area (Å²) in [4.78, 5) is 13.4. The Morgan fingerprint density at radius 1 is 1.29 bits per heavy atom. The van der Waals surface area contributed by atoms with Crippen LogP contribution in [0.5, 0.6) is 5.75 Å². The van der Waals surface area contributed by atoms with E-state index in [-0.39, 0.29) is 17.9 Å². The quantitative estimate of drug-likeness (QED) is 0.799. The number of carbonyl (C=O) groups is 1. The Bertz CT molecular complexity index is 567. The zero-order valence-electron chi connectivity index (χ0n) is 12.6. The molecule has 1 amide bonds. The number of methoxy groups -OCH3 is 1. The number of hydrogen-bond acceptors (Lipinski definition) is 3. The predicted octanol–water partition coefficient (Wildman–Crippen LogP) is 3.27. The van der Waals surface area contributed by atoms with Gasteiger partial charge in [0.2, 0.25) is 5.82 Å². The molecular weight excluding hydrogens is 280 g/mol. The number of nitrogens with zero attached hydrogens (tertiary/aromatic N) is 1. The van der Waals surface area contributed by atoms with Crippen LogP contribution >= 0.6 is 0 Å². The van der Waals surface area contributed by atoms with Crippen molar-refractivity contribution in [3.8, 4) is 5.75 Å². The molecule has 1 aromatic rings. The van der Waals surface area contributed by atoms with Gasteiger partial charge in [-0.1, -0.05) is 0 Å². The highest BCUT2D eigenvalue weighted by Crippen LogP contribution is 2.30. The summed E-state index contributed by atoms with van der Waals surface area (Å²) in [6, 6.07) is 1.49. The third kappa shape index (κ3) is 3.25. The van der Waals surface area contributed by atoms with Gasteiger partial charge in [0, 0.05) is 12.1 Å². The van der Waals surface area contributed by atoms with Crippen LogP contribution in [0.25, 0.3) is 0 Å². The van der Waals surface area contributed by atoms with Crippen molar-refractivity contribution in [1.29, 1.82) is 0 Å². The van der Waals surface area contributed by atoms with E-state index in [2.05, 4.69) is 0 Å². The maximum Gasteiger partial charge on any atom is 0.410 e. The van der Waals surface area contributed by atoms with Gasteiger partial charge in [0.1, 0.15) is 5.60 Å². The third-order valence-corrected chi connectivity index (χ3v) is 3.24. The molecule has 1 aliphatic heterocycles. The van der Waals surface area contributed by atoms with E-state index in [0.29, 0.717) is 18.5 Å². The first-order valence-electron chi connectivity index (χ1n) is 6.74. The van der Waals surface area contributed by atoms with Crippen LogP contribution in [-0.2, 0) is 17.7 Å². The molecule has 6 heteroatoms. The first-order valence-corrected chi connectivity index (χ1v) is 6.74. The van der Waals surface area contributed by atoms with E-state index in [1.165, 1.54) is 18.1 Å². The fourth-order valence-electron chi connectivity index (χ4n) is 2.24. The lowest BCUT2D eigenvalue weighted by atomic mass is 9.98. The predicted molar refractivity (Wildman–Crippen MR) is 73.3 cm³/mol. The maximum atomic E-state index is 14.1. The van der Waals surface area contributed by atoms with Crippen LogP contribution in [0.15, 0.2) is 6.07 Å². The summed E-state index contributed by atoms with van der Waals surface area (Å²) in [5, 5.41) is 0. The minimum absolute atomic E-state index is 0.00298. The number of amides is 1. The monoisotopic (exact) mass is 299 g/mol. The van der Waals surface area contributed by atoms with Gasteiger partial charge in [-0.3, -0.25) is 0 Å². The Morgan fingerprint density at radius 2 is 1.95 bits per heavy atom. The fraction of sp³-hybridized carbons (Fsp3) is 0.533. The second kappa shape index (κ2) is 5.50. The zero-order chi connectivity index (χ0) is 15.8. The number of halogens is 2. The molecule has 0 fully saturated rings. The van der Waals surface area contributed by atoms with Gasteiger partial charge in [0.15, 0.2) is 11.6 Å². The minimum atomic E-state index is -1.03. The van der Waals surface area contributed by atoms with Gasteiger partial charge in [-0.15, -0.1) is 0 Å². The van der Waals surface area contributed by atoms with Crippen molar-refractivity contribution in [2.45, 2.75) is 39.3 Å². The van der Waals surface area contributed by atoms with Crippen molar-refractivity contribution >= 4 is 6.09 Å². The highest BCUT2D eigenvalue weighted by Gasteiger charge is 2.29. The molecule has 0 unspecified atom stereocenters. The molecule has 0 spiro atoms. The molecule has 0 atom stereocenters. The Labute approximate surface area is 122 Å². The van der Waals surface area contributed by atoms with E-state index >= 15 is 0 Å². The Balaban J connectivity index is 2.25.